The molecule has 1 aliphatic carbocycles. The van der Waals surface area contributed by atoms with Gasteiger partial charge >= 0.3 is 0 Å². The zero-order chi connectivity index (χ0) is 13.1. The highest BCUT2D eigenvalue weighted by atomic mass is 16.5. The van der Waals surface area contributed by atoms with Gasteiger partial charge in [-0.3, -0.25) is 0 Å². The summed E-state index contributed by atoms with van der Waals surface area (Å²) in [6, 6.07) is 0.604. The van der Waals surface area contributed by atoms with E-state index in [1.807, 2.05) is 6.20 Å². The van der Waals surface area contributed by atoms with Crippen molar-refractivity contribution >= 4 is 5.95 Å². The summed E-state index contributed by atoms with van der Waals surface area (Å²) >= 11 is 0. The number of ether oxygens (including phenoxy) is 1. The first-order valence-corrected chi connectivity index (χ1v) is 7.67. The fourth-order valence-corrected chi connectivity index (χ4v) is 3.33. The summed E-state index contributed by atoms with van der Waals surface area (Å²) in [5, 5.41) is 3.62. The third-order valence-corrected chi connectivity index (χ3v) is 4.46. The fourth-order valence-electron chi connectivity index (χ4n) is 3.33. The first-order valence-electron chi connectivity index (χ1n) is 7.67. The predicted molar refractivity (Wildman–Crippen MR) is 76.3 cm³/mol. The van der Waals surface area contributed by atoms with E-state index in [1.54, 1.807) is 0 Å². The van der Waals surface area contributed by atoms with Gasteiger partial charge in [0, 0.05) is 25.0 Å². The molecule has 4 heteroatoms. The second-order valence-corrected chi connectivity index (χ2v) is 6.26. The van der Waals surface area contributed by atoms with E-state index in [1.165, 1.54) is 38.5 Å². The molecule has 1 unspecified atom stereocenters. The molecule has 2 heterocycles. The lowest BCUT2D eigenvalue weighted by Gasteiger charge is -2.27. The highest BCUT2D eigenvalue weighted by molar-refractivity contribution is 5.28. The third-order valence-electron chi connectivity index (χ3n) is 4.46. The summed E-state index contributed by atoms with van der Waals surface area (Å²) in [6.45, 7) is 4.02. The number of nitrogens with one attached hydrogen (secondary N) is 1. The molecule has 1 aromatic heterocycles. The van der Waals surface area contributed by atoms with Crippen LogP contribution in [-0.2, 0) is 11.3 Å². The van der Waals surface area contributed by atoms with Gasteiger partial charge in [0.1, 0.15) is 0 Å². The van der Waals surface area contributed by atoms with Crippen molar-refractivity contribution in [2.45, 2.75) is 70.1 Å². The van der Waals surface area contributed by atoms with E-state index in [2.05, 4.69) is 28.0 Å². The molecule has 1 aromatic rings. The van der Waals surface area contributed by atoms with Crippen LogP contribution in [0.5, 0.6) is 0 Å². The van der Waals surface area contributed by atoms with Crippen LogP contribution in [0.3, 0.4) is 0 Å². The molecule has 4 nitrogen and oxygen atoms in total. The Hall–Kier alpha value is -1.03. The molecule has 0 aromatic carbocycles. The van der Waals surface area contributed by atoms with E-state index in [0.29, 0.717) is 6.04 Å². The summed E-state index contributed by atoms with van der Waals surface area (Å²) in [5.41, 5.74) is -0.0102. The summed E-state index contributed by atoms with van der Waals surface area (Å²) in [6.07, 6.45) is 12.9. The summed E-state index contributed by atoms with van der Waals surface area (Å²) in [5.74, 6) is 1.02. The number of imidazole rings is 1. The molecule has 0 spiro atoms. The van der Waals surface area contributed by atoms with Gasteiger partial charge in [0.15, 0.2) is 0 Å². The molecule has 0 radical (unpaired) electrons. The van der Waals surface area contributed by atoms with Crippen molar-refractivity contribution in [3.05, 3.63) is 12.4 Å². The highest BCUT2D eigenvalue weighted by Crippen LogP contribution is 2.28. The van der Waals surface area contributed by atoms with Crippen molar-refractivity contribution in [2.24, 2.45) is 0 Å². The number of anilines is 1. The van der Waals surface area contributed by atoms with Gasteiger partial charge in [-0.2, -0.15) is 0 Å². The van der Waals surface area contributed by atoms with Crippen molar-refractivity contribution in [1.29, 1.82) is 0 Å². The number of aromatic nitrogens is 2. The third kappa shape index (κ3) is 3.11. The minimum Gasteiger partial charge on any atom is -0.373 e. The average molecular weight is 263 g/mol. The van der Waals surface area contributed by atoms with Gasteiger partial charge in [-0.1, -0.05) is 19.3 Å². The Bertz CT molecular complexity index is 403. The van der Waals surface area contributed by atoms with E-state index in [4.69, 9.17) is 4.74 Å². The molecule has 1 saturated heterocycles. The Morgan fingerprint density at radius 3 is 2.95 bits per heavy atom. The van der Waals surface area contributed by atoms with Crippen molar-refractivity contribution < 1.29 is 4.74 Å². The van der Waals surface area contributed by atoms with E-state index in [0.717, 1.165) is 25.5 Å². The van der Waals surface area contributed by atoms with Crippen LogP contribution in [0.4, 0.5) is 5.95 Å². The Morgan fingerprint density at radius 1 is 1.37 bits per heavy atom. The van der Waals surface area contributed by atoms with Crippen LogP contribution < -0.4 is 5.32 Å². The maximum Gasteiger partial charge on any atom is 0.203 e. The van der Waals surface area contributed by atoms with Crippen molar-refractivity contribution in [3.8, 4) is 0 Å². The maximum absolute atomic E-state index is 5.88. The lowest BCUT2D eigenvalue weighted by Crippen LogP contribution is -2.31. The van der Waals surface area contributed by atoms with E-state index >= 15 is 0 Å². The van der Waals surface area contributed by atoms with Crippen LogP contribution in [0.15, 0.2) is 12.4 Å². The molecule has 19 heavy (non-hydrogen) atoms. The van der Waals surface area contributed by atoms with Crippen molar-refractivity contribution in [1.82, 2.24) is 9.55 Å². The molecule has 3 rings (SSSR count). The minimum atomic E-state index is -0.0102. The SMILES string of the molecule is CC1(Cn2ccnc2NC2CCCCC2)CCCO1. The monoisotopic (exact) mass is 263 g/mol. The van der Waals surface area contributed by atoms with Crippen LogP contribution in [-0.4, -0.2) is 27.8 Å². The number of hydrogen-bond acceptors (Lipinski definition) is 3. The van der Waals surface area contributed by atoms with E-state index in [-0.39, 0.29) is 5.60 Å². The molecule has 2 fully saturated rings. The van der Waals surface area contributed by atoms with Crippen molar-refractivity contribution in [2.75, 3.05) is 11.9 Å². The fraction of sp³-hybridized carbons (Fsp3) is 0.800. The van der Waals surface area contributed by atoms with Gasteiger partial charge < -0.3 is 14.6 Å². The van der Waals surface area contributed by atoms with Gasteiger partial charge in [-0.15, -0.1) is 0 Å². The highest BCUT2D eigenvalue weighted by Gasteiger charge is 2.31. The molecule has 1 atom stereocenters. The maximum atomic E-state index is 5.88. The Kier molecular flexibility index (Phi) is 3.78. The van der Waals surface area contributed by atoms with E-state index < -0.39 is 0 Å². The lowest BCUT2D eigenvalue weighted by atomic mass is 9.96. The number of rotatable bonds is 4. The van der Waals surface area contributed by atoms with Crippen LogP contribution in [0.1, 0.15) is 51.9 Å². The van der Waals surface area contributed by atoms with E-state index in [9.17, 15) is 0 Å². The smallest absolute Gasteiger partial charge is 0.203 e. The zero-order valence-electron chi connectivity index (χ0n) is 11.9. The minimum absolute atomic E-state index is 0.0102. The van der Waals surface area contributed by atoms with Crippen molar-refractivity contribution in [3.63, 3.8) is 0 Å². The van der Waals surface area contributed by atoms with Gasteiger partial charge in [0.25, 0.3) is 0 Å². The van der Waals surface area contributed by atoms with Gasteiger partial charge in [-0.25, -0.2) is 4.98 Å². The summed E-state index contributed by atoms with van der Waals surface area (Å²) in [7, 11) is 0. The van der Waals surface area contributed by atoms with Crippen LogP contribution >= 0.6 is 0 Å². The quantitative estimate of drug-likeness (QED) is 0.906. The lowest BCUT2D eigenvalue weighted by molar-refractivity contribution is 0.00661. The summed E-state index contributed by atoms with van der Waals surface area (Å²) in [4.78, 5) is 4.48. The second-order valence-electron chi connectivity index (χ2n) is 6.26. The normalized spacial score (nSPS) is 28.7. The van der Waals surface area contributed by atoms with Crippen LogP contribution in [0, 0.1) is 0 Å². The van der Waals surface area contributed by atoms with Gasteiger partial charge in [0.05, 0.1) is 12.1 Å². The molecule has 1 saturated carbocycles. The molecular weight excluding hydrogens is 238 g/mol. The molecule has 106 valence electrons. The molecule has 2 aliphatic rings. The second kappa shape index (κ2) is 5.53. The largest absolute Gasteiger partial charge is 0.373 e. The molecule has 0 amide bonds. The predicted octanol–water partition coefficient (Wildman–Crippen LogP) is 3.20. The first-order chi connectivity index (χ1) is 9.25. The standard InChI is InChI=1S/C15H25N3O/c1-15(8-5-11-19-15)12-18-10-9-16-14(18)17-13-6-3-2-4-7-13/h9-10,13H,2-8,11-12H2,1H3,(H,16,17). The average Bonchev–Trinajstić information content (AvgIpc) is 3.02. The molecule has 1 N–H and O–H groups in total. The first kappa shape index (κ1) is 13.0. The Balaban J connectivity index is 1.64. The Morgan fingerprint density at radius 2 is 2.21 bits per heavy atom. The molecular formula is C15H25N3O. The number of hydrogen-bond donors (Lipinski definition) is 1. The topological polar surface area (TPSA) is 39.1 Å². The molecule has 0 bridgehead atoms. The van der Waals surface area contributed by atoms with Crippen LogP contribution in [0.25, 0.3) is 0 Å². The van der Waals surface area contributed by atoms with Gasteiger partial charge in [-0.05, 0) is 32.6 Å². The van der Waals surface area contributed by atoms with Crippen LogP contribution in [0.2, 0.25) is 0 Å². The molecule has 1 aliphatic heterocycles. The number of nitrogens with zero attached hydrogens (tertiary/aromatic N) is 2. The Labute approximate surface area is 115 Å². The summed E-state index contributed by atoms with van der Waals surface area (Å²) < 4.78 is 8.10. The zero-order valence-corrected chi connectivity index (χ0v) is 11.9. The van der Waals surface area contributed by atoms with Gasteiger partial charge in [0.2, 0.25) is 5.95 Å².